The highest BCUT2D eigenvalue weighted by atomic mass is 19.4. The molecule has 6 nitrogen and oxygen atoms in total. The summed E-state index contributed by atoms with van der Waals surface area (Å²) in [5, 5.41) is 6.52. The first-order valence-corrected chi connectivity index (χ1v) is 9.84. The van der Waals surface area contributed by atoms with Gasteiger partial charge >= 0.3 is 6.18 Å². The molecule has 4 rings (SSSR count). The maximum absolute atomic E-state index is 13.2. The molecule has 32 heavy (non-hydrogen) atoms. The molecule has 2 heterocycles. The highest BCUT2D eigenvalue weighted by Crippen LogP contribution is 2.34. The second-order valence-electron chi connectivity index (χ2n) is 7.04. The van der Waals surface area contributed by atoms with Crippen molar-refractivity contribution in [1.29, 1.82) is 0 Å². The predicted octanol–water partition coefficient (Wildman–Crippen LogP) is 5.37. The minimum absolute atomic E-state index is 0.0404. The van der Waals surface area contributed by atoms with Crippen LogP contribution < -0.4 is 10.1 Å². The molecular formula is C23H19F3N4O2. The summed E-state index contributed by atoms with van der Waals surface area (Å²) in [6.07, 6.45) is -4.59. The van der Waals surface area contributed by atoms with Gasteiger partial charge in [-0.2, -0.15) is 18.3 Å². The van der Waals surface area contributed by atoms with Crippen LogP contribution in [0.5, 0.6) is 5.75 Å². The number of aromatic nitrogens is 3. The second kappa shape index (κ2) is 8.33. The van der Waals surface area contributed by atoms with Gasteiger partial charge in [0.05, 0.1) is 23.6 Å². The van der Waals surface area contributed by atoms with Gasteiger partial charge in [-0.05, 0) is 56.3 Å². The lowest BCUT2D eigenvalue weighted by atomic mass is 10.1. The number of para-hydroxylation sites is 1. The molecule has 2 aromatic heterocycles. The molecule has 2 aromatic carbocycles. The van der Waals surface area contributed by atoms with Crippen LogP contribution in [0, 0.1) is 6.92 Å². The highest BCUT2D eigenvalue weighted by Gasteiger charge is 2.33. The molecule has 0 radical (unpaired) electrons. The van der Waals surface area contributed by atoms with E-state index in [1.165, 1.54) is 28.8 Å². The summed E-state index contributed by atoms with van der Waals surface area (Å²) in [5.74, 6) is -0.00860. The third-order valence-corrected chi connectivity index (χ3v) is 4.78. The fourth-order valence-electron chi connectivity index (χ4n) is 3.30. The van der Waals surface area contributed by atoms with E-state index in [0.29, 0.717) is 23.6 Å². The van der Waals surface area contributed by atoms with Crippen LogP contribution in [0.1, 0.15) is 28.7 Å². The molecule has 9 heteroatoms. The number of nitrogens with one attached hydrogen (secondary N) is 1. The summed E-state index contributed by atoms with van der Waals surface area (Å²) in [4.78, 5) is 17.2. The Kier molecular flexibility index (Phi) is 5.56. The van der Waals surface area contributed by atoms with E-state index >= 15 is 0 Å². The Morgan fingerprint density at radius 1 is 1.09 bits per heavy atom. The number of carbonyl (C=O) groups excluding carboxylic acids is 1. The van der Waals surface area contributed by atoms with Gasteiger partial charge in [0, 0.05) is 17.3 Å². The van der Waals surface area contributed by atoms with Gasteiger partial charge in [0.15, 0.2) is 11.3 Å². The zero-order chi connectivity index (χ0) is 22.9. The topological polar surface area (TPSA) is 68.5 Å². The van der Waals surface area contributed by atoms with Gasteiger partial charge in [-0.1, -0.05) is 12.1 Å². The summed E-state index contributed by atoms with van der Waals surface area (Å²) >= 11 is 0. The van der Waals surface area contributed by atoms with E-state index in [9.17, 15) is 18.0 Å². The average Bonchev–Trinajstić information content (AvgIpc) is 3.19. The maximum Gasteiger partial charge on any atom is 0.418 e. The van der Waals surface area contributed by atoms with E-state index in [4.69, 9.17) is 4.74 Å². The molecule has 164 valence electrons. The van der Waals surface area contributed by atoms with Crippen molar-refractivity contribution in [3.8, 4) is 17.0 Å². The van der Waals surface area contributed by atoms with E-state index in [0.717, 1.165) is 17.4 Å². The Balaban J connectivity index is 1.64. The van der Waals surface area contributed by atoms with Crippen LogP contribution in [-0.2, 0) is 6.18 Å². The third kappa shape index (κ3) is 4.27. The number of carbonyl (C=O) groups is 1. The van der Waals surface area contributed by atoms with Crippen molar-refractivity contribution in [2.75, 3.05) is 11.9 Å². The Morgan fingerprint density at radius 2 is 1.81 bits per heavy atom. The van der Waals surface area contributed by atoms with Crippen molar-refractivity contribution in [3.05, 3.63) is 77.6 Å². The number of anilines is 1. The molecule has 0 saturated heterocycles. The number of aryl methyl sites for hydroxylation is 1. The van der Waals surface area contributed by atoms with Crippen molar-refractivity contribution in [3.63, 3.8) is 0 Å². The molecule has 0 aliphatic rings. The maximum atomic E-state index is 13.2. The molecule has 0 aliphatic carbocycles. The lowest BCUT2D eigenvalue weighted by molar-refractivity contribution is -0.136. The van der Waals surface area contributed by atoms with Gasteiger partial charge in [-0.3, -0.25) is 4.79 Å². The van der Waals surface area contributed by atoms with Gasteiger partial charge in [0.25, 0.3) is 5.91 Å². The number of fused-ring (bicyclic) bond motifs is 1. The molecule has 0 aliphatic heterocycles. The molecule has 0 saturated carbocycles. The Hall–Kier alpha value is -3.88. The molecule has 0 atom stereocenters. The van der Waals surface area contributed by atoms with Crippen LogP contribution in [0.3, 0.4) is 0 Å². The zero-order valence-electron chi connectivity index (χ0n) is 17.3. The number of alkyl halides is 3. The van der Waals surface area contributed by atoms with Crippen molar-refractivity contribution < 1.29 is 22.7 Å². The van der Waals surface area contributed by atoms with Gasteiger partial charge < -0.3 is 10.1 Å². The molecular weight excluding hydrogens is 421 g/mol. The molecule has 0 spiro atoms. The Labute approximate surface area is 181 Å². The van der Waals surface area contributed by atoms with E-state index in [2.05, 4.69) is 15.4 Å². The highest BCUT2D eigenvalue weighted by molar-refractivity contribution is 6.04. The minimum Gasteiger partial charge on any atom is -0.494 e. The fourth-order valence-corrected chi connectivity index (χ4v) is 3.30. The number of halogens is 3. The summed E-state index contributed by atoms with van der Waals surface area (Å²) in [7, 11) is 0. The van der Waals surface area contributed by atoms with Crippen LogP contribution in [0.15, 0.2) is 60.7 Å². The summed E-state index contributed by atoms with van der Waals surface area (Å²) in [5.41, 5.74) is 1.35. The molecule has 1 amide bonds. The third-order valence-electron chi connectivity index (χ3n) is 4.78. The summed E-state index contributed by atoms with van der Waals surface area (Å²) < 4.78 is 46.5. The minimum atomic E-state index is -4.59. The van der Waals surface area contributed by atoms with Gasteiger partial charge in [-0.15, -0.1) is 0 Å². The first-order chi connectivity index (χ1) is 15.3. The van der Waals surface area contributed by atoms with E-state index < -0.39 is 17.6 Å². The zero-order valence-corrected chi connectivity index (χ0v) is 17.3. The van der Waals surface area contributed by atoms with Crippen molar-refractivity contribution in [2.24, 2.45) is 0 Å². The Bertz CT molecular complexity index is 1280. The van der Waals surface area contributed by atoms with E-state index in [1.54, 1.807) is 6.92 Å². The largest absolute Gasteiger partial charge is 0.494 e. The van der Waals surface area contributed by atoms with Crippen LogP contribution in [0.4, 0.5) is 18.9 Å². The van der Waals surface area contributed by atoms with E-state index in [-0.39, 0.29) is 11.4 Å². The number of hydrogen-bond acceptors (Lipinski definition) is 4. The van der Waals surface area contributed by atoms with E-state index in [1.807, 2.05) is 37.3 Å². The van der Waals surface area contributed by atoms with Crippen LogP contribution in [-0.4, -0.2) is 27.1 Å². The normalized spacial score (nSPS) is 11.5. The molecule has 4 aromatic rings. The number of nitrogens with zero attached hydrogens (tertiary/aromatic N) is 3. The van der Waals surface area contributed by atoms with Crippen molar-refractivity contribution in [1.82, 2.24) is 14.6 Å². The van der Waals surface area contributed by atoms with Crippen LogP contribution >= 0.6 is 0 Å². The summed E-state index contributed by atoms with van der Waals surface area (Å²) in [6.45, 7) is 4.28. The number of hydrogen-bond donors (Lipinski definition) is 1. The standard InChI is InChI=1S/C23H19F3N4O2/c1-3-32-16-10-8-15(9-11-16)19-12-14(2)30-21(27-19)13-20(29-30)22(31)28-18-7-5-4-6-17(18)23(24,25)26/h4-13H,3H2,1-2H3,(H,28,31). The quantitative estimate of drug-likeness (QED) is 0.453. The first kappa shape index (κ1) is 21.4. The van der Waals surface area contributed by atoms with Gasteiger partial charge in [0.1, 0.15) is 5.75 Å². The lowest BCUT2D eigenvalue weighted by Crippen LogP contribution is -2.17. The fraction of sp³-hybridized carbons (Fsp3) is 0.174. The van der Waals surface area contributed by atoms with Crippen LogP contribution in [0.2, 0.25) is 0 Å². The SMILES string of the molecule is CCOc1ccc(-c2cc(C)n3nc(C(=O)Nc4ccccc4C(F)(F)F)cc3n2)cc1. The molecule has 0 fully saturated rings. The lowest BCUT2D eigenvalue weighted by Gasteiger charge is -2.12. The average molecular weight is 440 g/mol. The number of rotatable bonds is 5. The predicted molar refractivity (Wildman–Crippen MR) is 114 cm³/mol. The monoisotopic (exact) mass is 440 g/mol. The molecule has 1 N–H and O–H groups in total. The number of benzene rings is 2. The van der Waals surface area contributed by atoms with Crippen LogP contribution in [0.25, 0.3) is 16.9 Å². The first-order valence-electron chi connectivity index (χ1n) is 9.84. The smallest absolute Gasteiger partial charge is 0.418 e. The van der Waals surface area contributed by atoms with Gasteiger partial charge in [-0.25, -0.2) is 9.50 Å². The number of amides is 1. The van der Waals surface area contributed by atoms with Gasteiger partial charge in [0.2, 0.25) is 0 Å². The summed E-state index contributed by atoms with van der Waals surface area (Å²) in [6, 6.07) is 15.5. The molecule has 0 unspecified atom stereocenters. The second-order valence-corrected chi connectivity index (χ2v) is 7.04. The number of ether oxygens (including phenoxy) is 1. The van der Waals surface area contributed by atoms with Crippen molar-refractivity contribution >= 4 is 17.2 Å². The molecule has 0 bridgehead atoms. The Morgan fingerprint density at radius 3 is 2.50 bits per heavy atom. The van der Waals surface area contributed by atoms with Crippen molar-refractivity contribution in [2.45, 2.75) is 20.0 Å².